The number of hydrogen-bond donors (Lipinski definition) is 1. The van der Waals surface area contributed by atoms with E-state index in [9.17, 15) is 4.39 Å². The molecule has 2 aliphatic heterocycles. The average Bonchev–Trinajstić information content (AvgIpc) is 3.08. The number of hydrogen-bond acceptors (Lipinski definition) is 2. The van der Waals surface area contributed by atoms with Gasteiger partial charge in [-0.05, 0) is 87.0 Å². The Balaban J connectivity index is 0.000000882. The van der Waals surface area contributed by atoms with Crippen LogP contribution in [-0.2, 0) is 5.41 Å². The van der Waals surface area contributed by atoms with Crippen molar-refractivity contribution >= 4 is 24.8 Å². The number of nitrogens with zero attached hydrogens (tertiary/aromatic N) is 1. The van der Waals surface area contributed by atoms with Crippen LogP contribution in [0.4, 0.5) is 4.39 Å². The zero-order chi connectivity index (χ0) is 13.6. The Hall–Kier alpha value is -0.350. The van der Waals surface area contributed by atoms with E-state index in [2.05, 4.69) is 16.3 Å². The largest absolute Gasteiger partial charge is 0.317 e. The summed E-state index contributed by atoms with van der Waals surface area (Å²) in [6.45, 7) is 4.58. The lowest BCUT2D eigenvalue weighted by Crippen LogP contribution is -2.39. The predicted molar refractivity (Wildman–Crippen MR) is 92.8 cm³/mol. The maximum Gasteiger partial charge on any atom is 0.123 e. The van der Waals surface area contributed by atoms with E-state index in [1.54, 1.807) is 6.07 Å². The fraction of sp³-hybridized carbons (Fsp3) is 0.647. The predicted octanol–water partition coefficient (Wildman–Crippen LogP) is 3.83. The topological polar surface area (TPSA) is 15.3 Å². The number of benzene rings is 1. The zero-order valence-electron chi connectivity index (χ0n) is 12.8. The Labute approximate surface area is 144 Å². The van der Waals surface area contributed by atoms with Gasteiger partial charge in [0.05, 0.1) is 0 Å². The minimum Gasteiger partial charge on any atom is -0.317 e. The molecule has 1 spiro atoms. The van der Waals surface area contributed by atoms with E-state index in [1.165, 1.54) is 43.5 Å². The third kappa shape index (κ3) is 2.89. The molecule has 0 amide bonds. The van der Waals surface area contributed by atoms with Gasteiger partial charge in [-0.2, -0.15) is 0 Å². The number of likely N-dealkylation sites (tertiary alicyclic amines) is 1. The lowest BCUT2D eigenvalue weighted by molar-refractivity contribution is 0.195. The van der Waals surface area contributed by atoms with Crippen molar-refractivity contribution in [2.24, 2.45) is 0 Å². The molecule has 1 aromatic rings. The van der Waals surface area contributed by atoms with Crippen LogP contribution in [0.25, 0.3) is 0 Å². The second kappa shape index (κ2) is 7.04. The van der Waals surface area contributed by atoms with Crippen molar-refractivity contribution in [1.29, 1.82) is 0 Å². The first kappa shape index (κ1) is 18.0. The summed E-state index contributed by atoms with van der Waals surface area (Å²) in [7, 11) is 0. The van der Waals surface area contributed by atoms with Gasteiger partial charge in [-0.15, -0.1) is 24.8 Å². The van der Waals surface area contributed by atoms with Crippen molar-refractivity contribution in [3.05, 3.63) is 35.1 Å². The molecule has 3 aliphatic rings. The fourth-order valence-electron chi connectivity index (χ4n) is 4.63. The van der Waals surface area contributed by atoms with Crippen molar-refractivity contribution in [2.75, 3.05) is 26.2 Å². The molecular weight excluding hydrogens is 322 g/mol. The van der Waals surface area contributed by atoms with Crippen LogP contribution in [-0.4, -0.2) is 31.1 Å². The van der Waals surface area contributed by atoms with Gasteiger partial charge in [-0.1, -0.05) is 6.07 Å². The molecule has 5 heteroatoms. The highest BCUT2D eigenvalue weighted by atomic mass is 35.5. The maximum atomic E-state index is 13.8. The lowest BCUT2D eigenvalue weighted by Gasteiger charge is -2.36. The van der Waals surface area contributed by atoms with E-state index in [1.807, 2.05) is 6.07 Å². The van der Waals surface area contributed by atoms with E-state index in [0.29, 0.717) is 6.04 Å². The van der Waals surface area contributed by atoms with Crippen molar-refractivity contribution in [2.45, 2.75) is 43.6 Å². The smallest absolute Gasteiger partial charge is 0.123 e. The minimum atomic E-state index is -0.0660. The van der Waals surface area contributed by atoms with Crippen molar-refractivity contribution in [3.8, 4) is 0 Å². The molecule has 4 rings (SSSR count). The Morgan fingerprint density at radius 2 is 1.77 bits per heavy atom. The SMILES string of the molecule is Cl.Cl.Fc1ccc2c(c1)C1(CCNCC1)CC2N1CCCC1. The molecule has 1 aromatic carbocycles. The van der Waals surface area contributed by atoms with E-state index in [4.69, 9.17) is 0 Å². The molecule has 1 atom stereocenters. The number of piperidine rings is 1. The Kier molecular flexibility index (Phi) is 5.76. The fourth-order valence-corrected chi connectivity index (χ4v) is 4.63. The van der Waals surface area contributed by atoms with Gasteiger partial charge in [0.1, 0.15) is 5.82 Å². The molecule has 2 heterocycles. The molecule has 1 unspecified atom stereocenters. The van der Waals surface area contributed by atoms with Gasteiger partial charge >= 0.3 is 0 Å². The van der Waals surface area contributed by atoms with E-state index in [-0.39, 0.29) is 36.0 Å². The van der Waals surface area contributed by atoms with E-state index >= 15 is 0 Å². The first-order valence-corrected chi connectivity index (χ1v) is 8.03. The number of fused-ring (bicyclic) bond motifs is 2. The Morgan fingerprint density at radius 1 is 1.09 bits per heavy atom. The summed E-state index contributed by atoms with van der Waals surface area (Å²) in [4.78, 5) is 2.63. The van der Waals surface area contributed by atoms with Crippen LogP contribution in [0, 0.1) is 5.82 Å². The molecule has 2 fully saturated rings. The highest BCUT2D eigenvalue weighted by Gasteiger charge is 2.46. The molecule has 2 saturated heterocycles. The highest BCUT2D eigenvalue weighted by molar-refractivity contribution is 5.85. The summed E-state index contributed by atoms with van der Waals surface area (Å²) in [6.07, 6.45) is 6.16. The highest BCUT2D eigenvalue weighted by Crippen LogP contribution is 2.52. The maximum absolute atomic E-state index is 13.8. The molecule has 2 nitrogen and oxygen atoms in total. The molecule has 0 aromatic heterocycles. The molecule has 0 radical (unpaired) electrons. The summed E-state index contributed by atoms with van der Waals surface area (Å²) in [5.41, 5.74) is 2.96. The molecule has 1 N–H and O–H groups in total. The number of halogens is 3. The second-order valence-corrected chi connectivity index (χ2v) is 6.72. The molecule has 124 valence electrons. The van der Waals surface area contributed by atoms with Crippen LogP contribution in [0.1, 0.15) is 49.3 Å². The van der Waals surface area contributed by atoms with Crippen molar-refractivity contribution in [3.63, 3.8) is 0 Å². The second-order valence-electron chi connectivity index (χ2n) is 6.72. The Morgan fingerprint density at radius 3 is 2.45 bits per heavy atom. The first-order valence-electron chi connectivity index (χ1n) is 8.03. The van der Waals surface area contributed by atoms with Gasteiger partial charge in [-0.3, -0.25) is 4.90 Å². The summed E-state index contributed by atoms with van der Waals surface area (Å²) in [5, 5.41) is 3.46. The third-order valence-corrected chi connectivity index (χ3v) is 5.67. The van der Waals surface area contributed by atoms with Gasteiger partial charge in [0.25, 0.3) is 0 Å². The van der Waals surface area contributed by atoms with Crippen LogP contribution in [0.2, 0.25) is 0 Å². The van der Waals surface area contributed by atoms with Crippen molar-refractivity contribution in [1.82, 2.24) is 10.2 Å². The van der Waals surface area contributed by atoms with Gasteiger partial charge in [0.2, 0.25) is 0 Å². The first-order chi connectivity index (χ1) is 9.78. The van der Waals surface area contributed by atoms with Crippen LogP contribution < -0.4 is 5.32 Å². The monoisotopic (exact) mass is 346 g/mol. The lowest BCUT2D eigenvalue weighted by atomic mass is 9.74. The van der Waals surface area contributed by atoms with E-state index < -0.39 is 0 Å². The van der Waals surface area contributed by atoms with E-state index in [0.717, 1.165) is 25.9 Å². The third-order valence-electron chi connectivity index (χ3n) is 5.67. The van der Waals surface area contributed by atoms with Gasteiger partial charge in [0.15, 0.2) is 0 Å². The van der Waals surface area contributed by atoms with Crippen LogP contribution in [0.3, 0.4) is 0 Å². The molecular formula is C17H25Cl2FN2. The van der Waals surface area contributed by atoms with Gasteiger partial charge in [-0.25, -0.2) is 4.39 Å². The minimum absolute atomic E-state index is 0. The molecule has 0 saturated carbocycles. The summed E-state index contributed by atoms with van der Waals surface area (Å²) < 4.78 is 13.8. The van der Waals surface area contributed by atoms with Crippen molar-refractivity contribution < 1.29 is 4.39 Å². The average molecular weight is 347 g/mol. The van der Waals surface area contributed by atoms with Crippen LogP contribution >= 0.6 is 24.8 Å². The molecule has 22 heavy (non-hydrogen) atoms. The Bertz CT molecular complexity index is 511. The summed E-state index contributed by atoms with van der Waals surface area (Å²) in [5.74, 6) is -0.0660. The van der Waals surface area contributed by atoms with Crippen LogP contribution in [0.5, 0.6) is 0 Å². The van der Waals surface area contributed by atoms with Crippen LogP contribution in [0.15, 0.2) is 18.2 Å². The molecule has 0 bridgehead atoms. The summed E-state index contributed by atoms with van der Waals surface area (Å²) >= 11 is 0. The standard InChI is InChI=1S/C17H23FN2.2ClH/c18-13-3-4-14-15(11-13)17(5-7-19-8-6-17)12-16(14)20-9-1-2-10-20;;/h3-4,11,16,19H,1-2,5-10,12H2;2*1H. The van der Waals surface area contributed by atoms with Gasteiger partial charge in [0, 0.05) is 6.04 Å². The summed E-state index contributed by atoms with van der Waals surface area (Å²) in [6, 6.07) is 6.08. The van der Waals surface area contributed by atoms with Gasteiger partial charge < -0.3 is 5.32 Å². The quantitative estimate of drug-likeness (QED) is 0.831. The normalized spacial score (nSPS) is 26.3. The molecule has 1 aliphatic carbocycles. The number of nitrogens with one attached hydrogen (secondary N) is 1. The number of rotatable bonds is 1. The zero-order valence-corrected chi connectivity index (χ0v) is 14.4.